The van der Waals surface area contributed by atoms with Gasteiger partial charge in [0.25, 0.3) is 5.91 Å². The van der Waals surface area contributed by atoms with Crippen molar-refractivity contribution in [2.45, 2.75) is 32.1 Å². The maximum Gasteiger partial charge on any atom is 0.354 e. The molecule has 0 spiro atoms. The van der Waals surface area contributed by atoms with Gasteiger partial charge >= 0.3 is 5.97 Å². The van der Waals surface area contributed by atoms with Crippen molar-refractivity contribution < 1.29 is 14.7 Å². The zero-order valence-corrected chi connectivity index (χ0v) is 10.8. The van der Waals surface area contributed by atoms with Crippen LogP contribution < -0.4 is 5.32 Å². The topological polar surface area (TPSA) is 79.3 Å². The van der Waals surface area contributed by atoms with E-state index >= 15 is 0 Å². The molecular formula is C14H18N2O3. The highest BCUT2D eigenvalue weighted by Gasteiger charge is 2.15. The summed E-state index contributed by atoms with van der Waals surface area (Å²) in [6.45, 7) is 0.647. The molecule has 2 N–H and O–H groups in total. The summed E-state index contributed by atoms with van der Waals surface area (Å²) >= 11 is 0. The van der Waals surface area contributed by atoms with Crippen molar-refractivity contribution in [1.29, 1.82) is 0 Å². The first kappa shape index (κ1) is 13.5. The molecule has 1 saturated carbocycles. The minimum Gasteiger partial charge on any atom is -0.477 e. The first-order chi connectivity index (χ1) is 9.16. The molecule has 5 nitrogen and oxygen atoms in total. The molecule has 2 rings (SSSR count). The van der Waals surface area contributed by atoms with Crippen LogP contribution in [0, 0.1) is 5.92 Å². The van der Waals surface area contributed by atoms with Gasteiger partial charge in [-0.05, 0) is 24.5 Å². The van der Waals surface area contributed by atoms with Gasteiger partial charge in [-0.3, -0.25) is 4.79 Å². The fraction of sp³-hybridized carbons (Fsp3) is 0.500. The molecule has 0 aromatic carbocycles. The maximum atomic E-state index is 11.9. The number of nitrogens with zero attached hydrogens (tertiary/aromatic N) is 1. The van der Waals surface area contributed by atoms with Gasteiger partial charge in [-0.1, -0.05) is 25.7 Å². The SMILES string of the molecule is O=C(NCCC1CCCC1)c1ccnc(C(=O)O)c1. The predicted octanol–water partition coefficient (Wildman–Crippen LogP) is 2.09. The highest BCUT2D eigenvalue weighted by molar-refractivity contribution is 5.96. The van der Waals surface area contributed by atoms with E-state index in [1.54, 1.807) is 0 Å². The van der Waals surface area contributed by atoms with Crippen LogP contribution in [0.1, 0.15) is 53.0 Å². The molecule has 0 saturated heterocycles. The Morgan fingerprint density at radius 2 is 2.11 bits per heavy atom. The summed E-state index contributed by atoms with van der Waals surface area (Å²) in [5.74, 6) is -0.629. The van der Waals surface area contributed by atoms with E-state index in [0.29, 0.717) is 12.1 Å². The van der Waals surface area contributed by atoms with Gasteiger partial charge in [-0.15, -0.1) is 0 Å². The van der Waals surface area contributed by atoms with Crippen molar-refractivity contribution in [1.82, 2.24) is 10.3 Å². The summed E-state index contributed by atoms with van der Waals surface area (Å²) in [7, 11) is 0. The number of carboxylic acid groups (broad SMARTS) is 1. The second kappa shape index (κ2) is 6.31. The Labute approximate surface area is 112 Å². The molecule has 102 valence electrons. The summed E-state index contributed by atoms with van der Waals surface area (Å²) in [5, 5.41) is 11.6. The Balaban J connectivity index is 1.85. The normalized spacial score (nSPS) is 15.4. The zero-order valence-electron chi connectivity index (χ0n) is 10.8. The van der Waals surface area contributed by atoms with Gasteiger partial charge in [-0.25, -0.2) is 9.78 Å². The first-order valence-corrected chi connectivity index (χ1v) is 6.64. The molecule has 0 bridgehead atoms. The lowest BCUT2D eigenvalue weighted by molar-refractivity contribution is 0.0690. The van der Waals surface area contributed by atoms with E-state index in [9.17, 15) is 9.59 Å². The molecular weight excluding hydrogens is 244 g/mol. The van der Waals surface area contributed by atoms with E-state index in [1.165, 1.54) is 44.0 Å². The van der Waals surface area contributed by atoms with Gasteiger partial charge in [-0.2, -0.15) is 0 Å². The highest BCUT2D eigenvalue weighted by Crippen LogP contribution is 2.26. The molecule has 1 aliphatic carbocycles. The average Bonchev–Trinajstić information content (AvgIpc) is 2.92. The van der Waals surface area contributed by atoms with Gasteiger partial charge in [0.15, 0.2) is 0 Å². The van der Waals surface area contributed by atoms with Gasteiger partial charge in [0, 0.05) is 18.3 Å². The summed E-state index contributed by atoms with van der Waals surface area (Å²) in [6, 6.07) is 2.82. The van der Waals surface area contributed by atoms with Crippen LogP contribution in [-0.2, 0) is 0 Å². The van der Waals surface area contributed by atoms with Crippen molar-refractivity contribution in [2.24, 2.45) is 5.92 Å². The minimum atomic E-state index is -1.12. The largest absolute Gasteiger partial charge is 0.477 e. The Hall–Kier alpha value is -1.91. The summed E-state index contributed by atoms with van der Waals surface area (Å²) in [5.41, 5.74) is 0.238. The van der Waals surface area contributed by atoms with Crippen molar-refractivity contribution in [2.75, 3.05) is 6.54 Å². The minimum absolute atomic E-state index is 0.108. The van der Waals surface area contributed by atoms with Crippen molar-refractivity contribution in [3.63, 3.8) is 0 Å². The molecule has 0 radical (unpaired) electrons. The third kappa shape index (κ3) is 3.77. The van der Waals surface area contributed by atoms with Crippen LogP contribution >= 0.6 is 0 Å². The lowest BCUT2D eigenvalue weighted by Gasteiger charge is -2.09. The van der Waals surface area contributed by atoms with Crippen LogP contribution in [0.15, 0.2) is 18.3 Å². The number of hydrogen-bond acceptors (Lipinski definition) is 3. The monoisotopic (exact) mass is 262 g/mol. The lowest BCUT2D eigenvalue weighted by atomic mass is 10.0. The standard InChI is InChI=1S/C14H18N2O3/c17-13(16-7-5-10-3-1-2-4-10)11-6-8-15-12(9-11)14(18)19/h6,8-10H,1-5,7H2,(H,16,17)(H,18,19). The Morgan fingerprint density at radius 3 is 2.79 bits per heavy atom. The van der Waals surface area contributed by atoms with Gasteiger partial charge < -0.3 is 10.4 Å². The predicted molar refractivity (Wildman–Crippen MR) is 70.1 cm³/mol. The summed E-state index contributed by atoms with van der Waals surface area (Å²) in [4.78, 5) is 26.3. The number of carboxylic acids is 1. The number of amides is 1. The summed E-state index contributed by atoms with van der Waals surface area (Å²) in [6.07, 6.45) is 7.45. The van der Waals surface area contributed by atoms with Crippen molar-refractivity contribution in [3.8, 4) is 0 Å². The quantitative estimate of drug-likeness (QED) is 0.851. The van der Waals surface area contributed by atoms with Crippen LogP contribution in [0.5, 0.6) is 0 Å². The molecule has 5 heteroatoms. The Morgan fingerprint density at radius 1 is 1.37 bits per heavy atom. The second-order valence-electron chi connectivity index (χ2n) is 4.93. The van der Waals surface area contributed by atoms with Crippen molar-refractivity contribution >= 4 is 11.9 Å². The smallest absolute Gasteiger partial charge is 0.354 e. The number of carbonyl (C=O) groups excluding carboxylic acids is 1. The number of carbonyl (C=O) groups is 2. The van der Waals surface area contributed by atoms with E-state index in [4.69, 9.17) is 5.11 Å². The zero-order chi connectivity index (χ0) is 13.7. The molecule has 0 atom stereocenters. The van der Waals surface area contributed by atoms with E-state index in [2.05, 4.69) is 10.3 Å². The molecule has 0 aliphatic heterocycles. The van der Waals surface area contributed by atoms with Crippen LogP contribution in [0.25, 0.3) is 0 Å². The molecule has 1 amide bonds. The van der Waals surface area contributed by atoms with E-state index in [1.807, 2.05) is 0 Å². The fourth-order valence-corrected chi connectivity index (χ4v) is 2.48. The van der Waals surface area contributed by atoms with Crippen LogP contribution in [0.4, 0.5) is 0 Å². The Bertz CT molecular complexity index is 468. The maximum absolute atomic E-state index is 11.9. The van der Waals surface area contributed by atoms with Crippen molar-refractivity contribution in [3.05, 3.63) is 29.6 Å². The highest BCUT2D eigenvalue weighted by atomic mass is 16.4. The molecule has 0 unspecified atom stereocenters. The van der Waals surface area contributed by atoms with Crippen LogP contribution in [0.2, 0.25) is 0 Å². The van der Waals surface area contributed by atoms with Crippen LogP contribution in [0.3, 0.4) is 0 Å². The molecule has 1 aromatic rings. The first-order valence-electron chi connectivity index (χ1n) is 6.64. The Kier molecular flexibility index (Phi) is 4.49. The molecule has 19 heavy (non-hydrogen) atoms. The summed E-state index contributed by atoms with van der Waals surface area (Å²) < 4.78 is 0. The second-order valence-corrected chi connectivity index (χ2v) is 4.93. The number of rotatable bonds is 5. The number of pyridine rings is 1. The number of aromatic nitrogens is 1. The molecule has 1 aromatic heterocycles. The third-order valence-corrected chi connectivity index (χ3v) is 3.55. The molecule has 1 fully saturated rings. The van der Waals surface area contributed by atoms with E-state index < -0.39 is 5.97 Å². The van der Waals surface area contributed by atoms with Gasteiger partial charge in [0.2, 0.25) is 0 Å². The molecule has 1 heterocycles. The fourth-order valence-electron chi connectivity index (χ4n) is 2.48. The number of aromatic carboxylic acids is 1. The number of nitrogens with one attached hydrogen (secondary N) is 1. The molecule has 1 aliphatic rings. The van der Waals surface area contributed by atoms with E-state index in [-0.39, 0.29) is 11.6 Å². The third-order valence-electron chi connectivity index (χ3n) is 3.55. The van der Waals surface area contributed by atoms with Crippen LogP contribution in [-0.4, -0.2) is 28.5 Å². The van der Waals surface area contributed by atoms with Gasteiger partial charge in [0.1, 0.15) is 5.69 Å². The van der Waals surface area contributed by atoms with Gasteiger partial charge in [0.05, 0.1) is 0 Å². The average molecular weight is 262 g/mol. The number of hydrogen-bond donors (Lipinski definition) is 2. The lowest BCUT2D eigenvalue weighted by Crippen LogP contribution is -2.26. The van der Waals surface area contributed by atoms with E-state index in [0.717, 1.165) is 12.3 Å².